The molecule has 0 saturated carbocycles. The Balaban J connectivity index is 1.47. The lowest BCUT2D eigenvalue weighted by atomic mass is 9.99. The number of benzene rings is 1. The van der Waals surface area contributed by atoms with Gasteiger partial charge in [-0.3, -0.25) is 4.79 Å². The second-order valence-corrected chi connectivity index (χ2v) is 7.61. The fourth-order valence-corrected chi connectivity index (χ4v) is 4.03. The van der Waals surface area contributed by atoms with Gasteiger partial charge >= 0.3 is 6.03 Å². The van der Waals surface area contributed by atoms with E-state index in [4.69, 9.17) is 0 Å². The van der Waals surface area contributed by atoms with Gasteiger partial charge in [0.25, 0.3) is 0 Å². The number of nitrogens with one attached hydrogen (secondary N) is 4. The molecule has 3 rings (SSSR count). The summed E-state index contributed by atoms with van der Waals surface area (Å²) in [7, 11) is 0. The molecule has 1 aromatic rings. The van der Waals surface area contributed by atoms with Crippen molar-refractivity contribution in [3.05, 3.63) is 35.6 Å². The van der Waals surface area contributed by atoms with Crippen LogP contribution in [-0.2, 0) is 11.3 Å². The standard InChI is InChI=1S/C20H29FN4O2/c1-2-3-18(19(26)24-17-10-15-8-9-16(11-17)23-15)25-20(27)22-12-13-4-6-14(21)7-5-13/h4-7,15-18,23H,2-3,8-12H2,1H3,(H,24,26)(H2,22,25,27). The van der Waals surface area contributed by atoms with Gasteiger partial charge in [0.15, 0.2) is 0 Å². The zero-order chi connectivity index (χ0) is 19.2. The van der Waals surface area contributed by atoms with Crippen molar-refractivity contribution in [3.8, 4) is 0 Å². The van der Waals surface area contributed by atoms with E-state index in [0.29, 0.717) is 18.5 Å². The van der Waals surface area contributed by atoms with E-state index in [2.05, 4.69) is 21.3 Å². The van der Waals surface area contributed by atoms with Crippen LogP contribution in [0.5, 0.6) is 0 Å². The van der Waals surface area contributed by atoms with Crippen LogP contribution in [0.15, 0.2) is 24.3 Å². The Kier molecular flexibility index (Phi) is 6.66. The van der Waals surface area contributed by atoms with E-state index < -0.39 is 12.1 Å². The summed E-state index contributed by atoms with van der Waals surface area (Å²) < 4.78 is 12.9. The molecule has 0 radical (unpaired) electrons. The van der Waals surface area contributed by atoms with Crippen LogP contribution in [0.1, 0.15) is 51.0 Å². The molecule has 0 aliphatic carbocycles. The van der Waals surface area contributed by atoms with Crippen molar-refractivity contribution >= 4 is 11.9 Å². The molecule has 3 atom stereocenters. The molecule has 2 fully saturated rings. The quantitative estimate of drug-likeness (QED) is 0.589. The number of amides is 3. The van der Waals surface area contributed by atoms with E-state index in [0.717, 1.165) is 24.8 Å². The van der Waals surface area contributed by atoms with Crippen LogP contribution in [0.3, 0.4) is 0 Å². The highest BCUT2D eigenvalue weighted by atomic mass is 19.1. The Morgan fingerprint density at radius 1 is 1.19 bits per heavy atom. The summed E-state index contributed by atoms with van der Waals surface area (Å²) >= 11 is 0. The van der Waals surface area contributed by atoms with Gasteiger partial charge in [0.2, 0.25) is 5.91 Å². The largest absolute Gasteiger partial charge is 0.351 e. The zero-order valence-corrected chi connectivity index (χ0v) is 15.8. The Morgan fingerprint density at radius 3 is 2.48 bits per heavy atom. The monoisotopic (exact) mass is 376 g/mol. The minimum absolute atomic E-state index is 0.111. The molecule has 2 aliphatic rings. The van der Waals surface area contributed by atoms with Crippen LogP contribution >= 0.6 is 0 Å². The van der Waals surface area contributed by atoms with Gasteiger partial charge in [-0.05, 0) is 49.8 Å². The second-order valence-electron chi connectivity index (χ2n) is 7.61. The van der Waals surface area contributed by atoms with Gasteiger partial charge < -0.3 is 21.3 Å². The number of hydrogen-bond donors (Lipinski definition) is 4. The van der Waals surface area contributed by atoms with Crippen LogP contribution < -0.4 is 21.3 Å². The molecule has 2 saturated heterocycles. The van der Waals surface area contributed by atoms with Crippen molar-refractivity contribution in [2.45, 2.75) is 76.2 Å². The van der Waals surface area contributed by atoms with Gasteiger partial charge in [-0.25, -0.2) is 9.18 Å². The molecular weight excluding hydrogens is 347 g/mol. The third kappa shape index (κ3) is 5.66. The summed E-state index contributed by atoms with van der Waals surface area (Å²) in [6.07, 6.45) is 5.66. The minimum atomic E-state index is -0.546. The van der Waals surface area contributed by atoms with E-state index in [-0.39, 0.29) is 24.3 Å². The fraction of sp³-hybridized carbons (Fsp3) is 0.600. The molecule has 2 aliphatic heterocycles. The molecule has 0 spiro atoms. The lowest BCUT2D eigenvalue weighted by Crippen LogP contribution is -2.54. The lowest BCUT2D eigenvalue weighted by molar-refractivity contribution is -0.124. The van der Waals surface area contributed by atoms with Crippen molar-refractivity contribution < 1.29 is 14.0 Å². The number of fused-ring (bicyclic) bond motifs is 2. The van der Waals surface area contributed by atoms with Gasteiger partial charge in [-0.15, -0.1) is 0 Å². The van der Waals surface area contributed by atoms with E-state index in [1.807, 2.05) is 6.92 Å². The number of carbonyl (C=O) groups is 2. The smallest absolute Gasteiger partial charge is 0.315 e. The molecule has 148 valence electrons. The topological polar surface area (TPSA) is 82.3 Å². The number of hydrogen-bond acceptors (Lipinski definition) is 3. The molecule has 0 aromatic heterocycles. The first kappa shape index (κ1) is 19.6. The summed E-state index contributed by atoms with van der Waals surface area (Å²) in [6.45, 7) is 2.27. The molecule has 4 N–H and O–H groups in total. The number of carbonyl (C=O) groups excluding carboxylic acids is 2. The molecular formula is C20H29FN4O2. The predicted molar refractivity (Wildman–Crippen MR) is 102 cm³/mol. The number of piperidine rings is 1. The number of halogens is 1. The minimum Gasteiger partial charge on any atom is -0.351 e. The maximum Gasteiger partial charge on any atom is 0.315 e. The van der Waals surface area contributed by atoms with Crippen molar-refractivity contribution in [2.24, 2.45) is 0 Å². The number of rotatable bonds is 7. The Labute approximate surface area is 159 Å². The third-order valence-electron chi connectivity index (χ3n) is 5.38. The first-order valence-corrected chi connectivity index (χ1v) is 9.88. The Hall–Kier alpha value is -2.15. The van der Waals surface area contributed by atoms with Gasteiger partial charge in [-0.1, -0.05) is 25.5 Å². The highest BCUT2D eigenvalue weighted by Gasteiger charge is 2.34. The summed E-state index contributed by atoms with van der Waals surface area (Å²) in [4.78, 5) is 24.9. The molecule has 1 aromatic carbocycles. The van der Waals surface area contributed by atoms with Crippen LogP contribution in [0.25, 0.3) is 0 Å². The highest BCUT2D eigenvalue weighted by molar-refractivity contribution is 5.87. The molecule has 3 amide bonds. The summed E-state index contributed by atoms with van der Waals surface area (Å²) in [5.74, 6) is -0.422. The SMILES string of the molecule is CCCC(NC(=O)NCc1ccc(F)cc1)C(=O)NC1CC2CCC(C1)N2. The molecule has 27 heavy (non-hydrogen) atoms. The van der Waals surface area contributed by atoms with E-state index in [1.165, 1.54) is 25.0 Å². The summed E-state index contributed by atoms with van der Waals surface area (Å²) in [5, 5.41) is 12.2. The van der Waals surface area contributed by atoms with E-state index in [9.17, 15) is 14.0 Å². The first-order valence-electron chi connectivity index (χ1n) is 9.88. The van der Waals surface area contributed by atoms with Gasteiger partial charge in [-0.2, -0.15) is 0 Å². The average molecular weight is 376 g/mol. The van der Waals surface area contributed by atoms with E-state index in [1.54, 1.807) is 12.1 Å². The number of urea groups is 1. The van der Waals surface area contributed by atoms with Gasteiger partial charge in [0, 0.05) is 24.7 Å². The molecule has 2 heterocycles. The average Bonchev–Trinajstić information content (AvgIpc) is 2.99. The highest BCUT2D eigenvalue weighted by Crippen LogP contribution is 2.26. The maximum atomic E-state index is 12.9. The van der Waals surface area contributed by atoms with Crippen LogP contribution in [0.4, 0.5) is 9.18 Å². The van der Waals surface area contributed by atoms with Crippen LogP contribution in [0, 0.1) is 5.82 Å². The molecule has 2 bridgehead atoms. The van der Waals surface area contributed by atoms with E-state index >= 15 is 0 Å². The van der Waals surface area contributed by atoms with Crippen molar-refractivity contribution in [1.29, 1.82) is 0 Å². The summed E-state index contributed by atoms with van der Waals surface area (Å²) in [6, 6.07) is 6.21. The lowest BCUT2D eigenvalue weighted by Gasteiger charge is -2.31. The van der Waals surface area contributed by atoms with Crippen LogP contribution in [-0.4, -0.2) is 36.1 Å². The van der Waals surface area contributed by atoms with Crippen molar-refractivity contribution in [2.75, 3.05) is 0 Å². The Morgan fingerprint density at radius 2 is 1.85 bits per heavy atom. The van der Waals surface area contributed by atoms with Gasteiger partial charge in [0.1, 0.15) is 11.9 Å². The second kappa shape index (κ2) is 9.17. The Bertz CT molecular complexity index is 640. The molecule has 7 heteroatoms. The maximum absolute atomic E-state index is 12.9. The predicted octanol–water partition coefficient (Wildman–Crippen LogP) is 2.19. The summed E-state index contributed by atoms with van der Waals surface area (Å²) in [5.41, 5.74) is 0.799. The normalized spacial score (nSPS) is 24.9. The molecule has 3 unspecified atom stereocenters. The first-order chi connectivity index (χ1) is 13.0. The van der Waals surface area contributed by atoms with Crippen molar-refractivity contribution in [1.82, 2.24) is 21.3 Å². The van der Waals surface area contributed by atoms with Crippen molar-refractivity contribution in [3.63, 3.8) is 0 Å². The van der Waals surface area contributed by atoms with Gasteiger partial charge in [0.05, 0.1) is 0 Å². The fourth-order valence-electron chi connectivity index (χ4n) is 4.03. The molecule has 6 nitrogen and oxygen atoms in total. The third-order valence-corrected chi connectivity index (χ3v) is 5.38. The zero-order valence-electron chi connectivity index (χ0n) is 15.8. The van der Waals surface area contributed by atoms with Crippen LogP contribution in [0.2, 0.25) is 0 Å².